The molecule has 3 aromatic rings. The molecule has 0 spiro atoms. The largest absolute Gasteiger partial charge is 0.352 e. The molecule has 2 N–H and O–H groups in total. The predicted molar refractivity (Wildman–Crippen MR) is 88.4 cm³/mol. The van der Waals surface area contributed by atoms with Crippen LogP contribution in [0.1, 0.15) is 21.5 Å². The van der Waals surface area contributed by atoms with Gasteiger partial charge in [0, 0.05) is 12.7 Å². The Bertz CT molecular complexity index is 839. The summed E-state index contributed by atoms with van der Waals surface area (Å²) in [4.78, 5) is 18.9. The van der Waals surface area contributed by atoms with Gasteiger partial charge in [-0.3, -0.25) is 4.79 Å². The Labute approximate surface area is 138 Å². The molecule has 6 nitrogen and oxygen atoms in total. The molecule has 2 aromatic heterocycles. The van der Waals surface area contributed by atoms with Gasteiger partial charge in [-0.05, 0) is 23.3 Å². The van der Waals surface area contributed by atoms with E-state index in [1.165, 1.54) is 6.33 Å². The molecule has 2 heterocycles. The zero-order valence-corrected chi connectivity index (χ0v) is 13.1. The maximum absolute atomic E-state index is 12.1. The Balaban J connectivity index is 1.59. The third-order valence-corrected chi connectivity index (χ3v) is 3.69. The fraction of sp³-hybridized carbons (Fsp3) is 0.125. The van der Waals surface area contributed by atoms with Gasteiger partial charge in [0.1, 0.15) is 17.3 Å². The van der Waals surface area contributed by atoms with Crippen LogP contribution in [0, 0.1) is 4.64 Å². The molecule has 116 valence electrons. The van der Waals surface area contributed by atoms with E-state index >= 15 is 0 Å². The van der Waals surface area contributed by atoms with Crippen LogP contribution in [0.4, 0.5) is 0 Å². The Morgan fingerprint density at radius 2 is 2.00 bits per heavy atom. The lowest BCUT2D eigenvalue weighted by Crippen LogP contribution is -2.23. The van der Waals surface area contributed by atoms with Gasteiger partial charge in [-0.2, -0.15) is 5.10 Å². The van der Waals surface area contributed by atoms with Gasteiger partial charge in [-0.25, -0.2) is 9.67 Å². The quantitative estimate of drug-likeness (QED) is 0.706. The third kappa shape index (κ3) is 3.89. The average Bonchev–Trinajstić information content (AvgIpc) is 3.07. The molecule has 1 amide bonds. The van der Waals surface area contributed by atoms with Crippen LogP contribution in [-0.4, -0.2) is 25.7 Å². The lowest BCUT2D eigenvalue weighted by molar-refractivity contribution is 0.0950. The van der Waals surface area contributed by atoms with Crippen molar-refractivity contribution in [2.75, 3.05) is 0 Å². The molecule has 0 bridgehead atoms. The minimum Gasteiger partial charge on any atom is -0.352 e. The van der Waals surface area contributed by atoms with Gasteiger partial charge in [0.05, 0.1) is 12.1 Å². The van der Waals surface area contributed by atoms with Gasteiger partial charge in [0.15, 0.2) is 0 Å². The van der Waals surface area contributed by atoms with Gasteiger partial charge < -0.3 is 10.3 Å². The number of amides is 1. The second kappa shape index (κ2) is 6.97. The van der Waals surface area contributed by atoms with Crippen LogP contribution in [0.25, 0.3) is 0 Å². The number of nitrogens with zero attached hydrogens (tertiary/aromatic N) is 3. The van der Waals surface area contributed by atoms with E-state index in [-0.39, 0.29) is 5.91 Å². The first-order valence-corrected chi connectivity index (χ1v) is 7.49. The highest BCUT2D eigenvalue weighted by Gasteiger charge is 2.06. The van der Waals surface area contributed by atoms with Crippen molar-refractivity contribution >= 4 is 18.1 Å². The molecule has 1 aromatic carbocycles. The van der Waals surface area contributed by atoms with Gasteiger partial charge in [0.25, 0.3) is 5.91 Å². The highest BCUT2D eigenvalue weighted by molar-refractivity contribution is 7.71. The van der Waals surface area contributed by atoms with Crippen molar-refractivity contribution in [2.24, 2.45) is 0 Å². The maximum atomic E-state index is 12.1. The van der Waals surface area contributed by atoms with Crippen molar-refractivity contribution in [3.63, 3.8) is 0 Å². The number of H-pyrrole nitrogens is 1. The van der Waals surface area contributed by atoms with Crippen molar-refractivity contribution in [2.45, 2.75) is 13.1 Å². The first kappa shape index (κ1) is 15.1. The van der Waals surface area contributed by atoms with E-state index in [4.69, 9.17) is 12.2 Å². The first-order valence-electron chi connectivity index (χ1n) is 7.08. The zero-order valence-electron chi connectivity index (χ0n) is 12.3. The fourth-order valence-corrected chi connectivity index (χ4v) is 2.37. The summed E-state index contributed by atoms with van der Waals surface area (Å²) in [6.07, 6.45) is 4.89. The number of carbonyl (C=O) groups excluding carboxylic acids is 1. The van der Waals surface area contributed by atoms with Crippen LogP contribution < -0.4 is 5.32 Å². The first-order chi connectivity index (χ1) is 11.2. The van der Waals surface area contributed by atoms with E-state index in [1.807, 2.05) is 24.3 Å². The second-order valence-corrected chi connectivity index (χ2v) is 5.41. The predicted octanol–water partition coefficient (Wildman–Crippen LogP) is 2.31. The van der Waals surface area contributed by atoms with Gasteiger partial charge in [-0.1, -0.05) is 36.5 Å². The van der Waals surface area contributed by atoms with E-state index in [1.54, 1.807) is 29.3 Å². The molecule has 0 saturated heterocycles. The average molecular weight is 325 g/mol. The second-order valence-electron chi connectivity index (χ2n) is 5.01. The van der Waals surface area contributed by atoms with Gasteiger partial charge in [0.2, 0.25) is 0 Å². The summed E-state index contributed by atoms with van der Waals surface area (Å²) >= 11 is 5.10. The molecule has 0 aliphatic rings. The van der Waals surface area contributed by atoms with Gasteiger partial charge >= 0.3 is 0 Å². The highest BCUT2D eigenvalue weighted by atomic mass is 32.1. The molecule has 0 radical (unpaired) electrons. The lowest BCUT2D eigenvalue weighted by Gasteiger charge is -2.07. The molecule has 23 heavy (non-hydrogen) atoms. The van der Waals surface area contributed by atoms with Crippen LogP contribution in [0.2, 0.25) is 0 Å². The van der Waals surface area contributed by atoms with Crippen molar-refractivity contribution in [1.29, 1.82) is 0 Å². The van der Waals surface area contributed by atoms with Crippen LogP contribution >= 0.6 is 12.2 Å². The molecule has 0 atom stereocenters. The molecule has 7 heteroatoms. The molecule has 0 saturated carbocycles. The summed E-state index contributed by atoms with van der Waals surface area (Å²) in [6.45, 7) is 1.12. The number of nitrogens with one attached hydrogen (secondary N) is 2. The van der Waals surface area contributed by atoms with E-state index in [2.05, 4.69) is 20.4 Å². The minimum absolute atomic E-state index is 0.182. The molecule has 0 fully saturated rings. The normalized spacial score (nSPS) is 10.4. The third-order valence-electron chi connectivity index (χ3n) is 3.35. The number of hydrogen-bond acceptors (Lipinski definition) is 4. The molecular formula is C16H15N5OS. The molecule has 0 aliphatic heterocycles. The standard InChI is InChI=1S/C16H15N5OS/c22-15(14-2-1-7-18-16(14)23)19-8-12-3-5-13(6-4-12)9-21-11-17-10-20-21/h1-7,10-11H,8-9H2,(H,18,23)(H,19,22). The van der Waals surface area contributed by atoms with Crippen molar-refractivity contribution in [1.82, 2.24) is 25.1 Å². The van der Waals surface area contributed by atoms with Crippen LogP contribution in [-0.2, 0) is 13.1 Å². The number of hydrogen-bond donors (Lipinski definition) is 2. The number of pyridine rings is 1. The lowest BCUT2D eigenvalue weighted by atomic mass is 10.1. The summed E-state index contributed by atoms with van der Waals surface area (Å²) in [5, 5.41) is 6.94. The Kier molecular flexibility index (Phi) is 4.58. The van der Waals surface area contributed by atoms with Crippen LogP contribution in [0.15, 0.2) is 55.2 Å². The topological polar surface area (TPSA) is 75.6 Å². The zero-order chi connectivity index (χ0) is 16.1. The van der Waals surface area contributed by atoms with Crippen molar-refractivity contribution in [3.05, 3.63) is 76.6 Å². The summed E-state index contributed by atoms with van der Waals surface area (Å²) in [6, 6.07) is 11.4. The van der Waals surface area contributed by atoms with E-state index in [0.717, 1.165) is 11.1 Å². The Hall–Kier alpha value is -2.80. The number of aromatic nitrogens is 4. The number of aromatic amines is 1. The number of carbonyl (C=O) groups is 1. The summed E-state index contributed by atoms with van der Waals surface area (Å²) in [5.74, 6) is -0.182. The fourth-order valence-electron chi connectivity index (χ4n) is 2.14. The monoisotopic (exact) mass is 325 g/mol. The van der Waals surface area contributed by atoms with Crippen LogP contribution in [0.5, 0.6) is 0 Å². The highest BCUT2D eigenvalue weighted by Crippen LogP contribution is 2.06. The van der Waals surface area contributed by atoms with E-state index < -0.39 is 0 Å². The summed E-state index contributed by atoms with van der Waals surface area (Å²) < 4.78 is 2.20. The summed E-state index contributed by atoms with van der Waals surface area (Å²) in [5.41, 5.74) is 2.62. The van der Waals surface area contributed by atoms with Gasteiger partial charge in [-0.15, -0.1) is 0 Å². The number of benzene rings is 1. The minimum atomic E-state index is -0.182. The van der Waals surface area contributed by atoms with E-state index in [9.17, 15) is 4.79 Å². The van der Waals surface area contributed by atoms with E-state index in [0.29, 0.717) is 23.3 Å². The van der Waals surface area contributed by atoms with Crippen LogP contribution in [0.3, 0.4) is 0 Å². The smallest absolute Gasteiger partial charge is 0.254 e. The molecular weight excluding hydrogens is 310 g/mol. The Morgan fingerprint density at radius 3 is 2.70 bits per heavy atom. The van der Waals surface area contributed by atoms with Crippen molar-refractivity contribution in [3.8, 4) is 0 Å². The number of rotatable bonds is 5. The molecule has 0 unspecified atom stereocenters. The summed E-state index contributed by atoms with van der Waals surface area (Å²) in [7, 11) is 0. The maximum Gasteiger partial charge on any atom is 0.254 e. The SMILES string of the molecule is O=C(NCc1ccc(Cn2cncn2)cc1)c1ccc[nH]c1=S. The van der Waals surface area contributed by atoms with Crippen molar-refractivity contribution < 1.29 is 4.79 Å². The molecule has 0 aliphatic carbocycles. The molecule has 3 rings (SSSR count). The Morgan fingerprint density at radius 1 is 1.22 bits per heavy atom.